The molecular formula is C22H26N8O. The van der Waals surface area contributed by atoms with Crippen molar-refractivity contribution in [3.63, 3.8) is 0 Å². The first-order valence-corrected chi connectivity index (χ1v) is 10.2. The highest BCUT2D eigenvalue weighted by molar-refractivity contribution is 5.98. The number of benzene rings is 1. The number of rotatable bonds is 8. The van der Waals surface area contributed by atoms with E-state index in [2.05, 4.69) is 44.4 Å². The molecule has 2 heterocycles. The smallest absolute Gasteiger partial charge is 0.254 e. The fraction of sp³-hybridized carbons (Fsp3) is 0.318. The topological polar surface area (TPSA) is 145 Å². The van der Waals surface area contributed by atoms with E-state index in [4.69, 9.17) is 11.5 Å². The molecule has 9 heteroatoms. The standard InChI is InChI=1S/C22H26N8O/c1-13(2)17(22(24)7-8-22)29-21-27-12-16(18(23)31)20(30-21)28-15-6-3-5-14(11-15)19-25-9-4-10-26-19/h3-6,9-13,17H,7-8,24H2,1-2H3,(H2,23,31)(H2,27,28,29,30). The number of nitrogens with zero attached hydrogens (tertiary/aromatic N) is 4. The number of hydrogen-bond acceptors (Lipinski definition) is 8. The first kappa shape index (κ1) is 20.7. The molecule has 0 saturated heterocycles. The van der Waals surface area contributed by atoms with Crippen molar-refractivity contribution in [3.8, 4) is 11.4 Å². The summed E-state index contributed by atoms with van der Waals surface area (Å²) in [5.74, 6) is 0.995. The van der Waals surface area contributed by atoms with Crippen molar-refractivity contribution >= 4 is 23.4 Å². The van der Waals surface area contributed by atoms with Crippen molar-refractivity contribution in [2.24, 2.45) is 17.4 Å². The van der Waals surface area contributed by atoms with Crippen LogP contribution in [-0.2, 0) is 0 Å². The average molecular weight is 419 g/mol. The maximum atomic E-state index is 12.0. The van der Waals surface area contributed by atoms with E-state index in [0.717, 1.165) is 24.1 Å². The molecule has 9 nitrogen and oxygen atoms in total. The molecule has 3 aromatic rings. The third-order valence-corrected chi connectivity index (χ3v) is 5.40. The Hall–Kier alpha value is -3.59. The van der Waals surface area contributed by atoms with Gasteiger partial charge in [-0.2, -0.15) is 4.98 Å². The summed E-state index contributed by atoms with van der Waals surface area (Å²) in [4.78, 5) is 29.3. The Bertz CT molecular complexity index is 1080. The minimum Gasteiger partial charge on any atom is -0.365 e. The van der Waals surface area contributed by atoms with Gasteiger partial charge < -0.3 is 22.1 Å². The second kappa shape index (κ2) is 8.27. The van der Waals surface area contributed by atoms with E-state index in [1.807, 2.05) is 24.3 Å². The monoisotopic (exact) mass is 418 g/mol. The third kappa shape index (κ3) is 4.61. The van der Waals surface area contributed by atoms with E-state index in [1.54, 1.807) is 18.5 Å². The van der Waals surface area contributed by atoms with Crippen molar-refractivity contribution < 1.29 is 4.79 Å². The van der Waals surface area contributed by atoms with Gasteiger partial charge in [0, 0.05) is 41.4 Å². The van der Waals surface area contributed by atoms with E-state index in [0.29, 0.717) is 23.5 Å². The fourth-order valence-electron chi connectivity index (χ4n) is 3.62. The highest BCUT2D eigenvalue weighted by Crippen LogP contribution is 2.39. The predicted octanol–water partition coefficient (Wildman–Crippen LogP) is 2.70. The second-order valence-corrected chi connectivity index (χ2v) is 8.20. The van der Waals surface area contributed by atoms with E-state index >= 15 is 0 Å². The summed E-state index contributed by atoms with van der Waals surface area (Å²) in [6.07, 6.45) is 6.72. The molecule has 160 valence electrons. The van der Waals surface area contributed by atoms with Crippen LogP contribution in [0, 0.1) is 5.92 Å². The Morgan fingerprint density at radius 3 is 2.52 bits per heavy atom. The lowest BCUT2D eigenvalue weighted by Gasteiger charge is -2.28. The number of carbonyl (C=O) groups excluding carboxylic acids is 1. The van der Waals surface area contributed by atoms with Gasteiger partial charge in [0.15, 0.2) is 5.82 Å². The van der Waals surface area contributed by atoms with E-state index in [1.165, 1.54) is 6.20 Å². The molecule has 1 aromatic carbocycles. The number of nitrogens with two attached hydrogens (primary N) is 2. The SMILES string of the molecule is CC(C)C(Nc1ncc(C(N)=O)c(Nc2cccc(-c3ncccn3)c2)n1)C1(N)CC1. The number of aromatic nitrogens is 4. The molecule has 1 unspecified atom stereocenters. The average Bonchev–Trinajstić information content (AvgIpc) is 3.50. The minimum absolute atomic E-state index is 0.0262. The fourth-order valence-corrected chi connectivity index (χ4v) is 3.62. The van der Waals surface area contributed by atoms with Crippen LogP contribution in [0.4, 0.5) is 17.5 Å². The first-order valence-electron chi connectivity index (χ1n) is 10.2. The summed E-state index contributed by atoms with van der Waals surface area (Å²) in [5.41, 5.74) is 13.5. The normalized spacial score (nSPS) is 15.4. The molecule has 0 radical (unpaired) electrons. The molecule has 1 fully saturated rings. The molecule has 6 N–H and O–H groups in total. The van der Waals surface area contributed by atoms with Crippen LogP contribution in [-0.4, -0.2) is 37.4 Å². The summed E-state index contributed by atoms with van der Waals surface area (Å²) in [7, 11) is 0. The number of nitrogens with one attached hydrogen (secondary N) is 2. The van der Waals surface area contributed by atoms with Gasteiger partial charge in [0.1, 0.15) is 11.4 Å². The Morgan fingerprint density at radius 2 is 1.87 bits per heavy atom. The molecule has 1 atom stereocenters. The van der Waals surface area contributed by atoms with Crippen LogP contribution < -0.4 is 22.1 Å². The summed E-state index contributed by atoms with van der Waals surface area (Å²) < 4.78 is 0. The van der Waals surface area contributed by atoms with Gasteiger partial charge in [-0.1, -0.05) is 26.0 Å². The Morgan fingerprint density at radius 1 is 1.13 bits per heavy atom. The predicted molar refractivity (Wildman–Crippen MR) is 120 cm³/mol. The highest BCUT2D eigenvalue weighted by atomic mass is 16.1. The number of amides is 1. The van der Waals surface area contributed by atoms with Crippen molar-refractivity contribution in [2.75, 3.05) is 10.6 Å². The van der Waals surface area contributed by atoms with Crippen molar-refractivity contribution in [1.29, 1.82) is 0 Å². The second-order valence-electron chi connectivity index (χ2n) is 8.20. The minimum atomic E-state index is -0.616. The molecule has 1 aliphatic carbocycles. The first-order chi connectivity index (χ1) is 14.9. The third-order valence-electron chi connectivity index (χ3n) is 5.40. The van der Waals surface area contributed by atoms with Gasteiger partial charge in [-0.05, 0) is 37.0 Å². The maximum absolute atomic E-state index is 12.0. The van der Waals surface area contributed by atoms with Crippen LogP contribution in [0.2, 0.25) is 0 Å². The van der Waals surface area contributed by atoms with Crippen molar-refractivity contribution in [3.05, 3.63) is 54.5 Å². The molecule has 31 heavy (non-hydrogen) atoms. The lowest BCUT2D eigenvalue weighted by molar-refractivity contribution is 0.100. The van der Waals surface area contributed by atoms with Gasteiger partial charge in [0.05, 0.1) is 0 Å². The lowest BCUT2D eigenvalue weighted by Crippen LogP contribution is -2.46. The van der Waals surface area contributed by atoms with Crippen LogP contribution >= 0.6 is 0 Å². The molecule has 0 bridgehead atoms. The summed E-state index contributed by atoms with van der Waals surface area (Å²) in [6, 6.07) is 9.31. The lowest BCUT2D eigenvalue weighted by atomic mass is 9.95. The number of anilines is 3. The molecule has 0 aliphatic heterocycles. The maximum Gasteiger partial charge on any atom is 0.254 e. The highest BCUT2D eigenvalue weighted by Gasteiger charge is 2.47. The number of carbonyl (C=O) groups is 1. The van der Waals surface area contributed by atoms with Gasteiger partial charge in [-0.3, -0.25) is 4.79 Å². The Balaban J connectivity index is 1.63. The van der Waals surface area contributed by atoms with Crippen molar-refractivity contribution in [1.82, 2.24) is 19.9 Å². The zero-order chi connectivity index (χ0) is 22.0. The quantitative estimate of drug-likeness (QED) is 0.437. The van der Waals surface area contributed by atoms with Gasteiger partial charge in [0.2, 0.25) is 5.95 Å². The molecule has 1 aliphatic rings. The molecule has 0 spiro atoms. The van der Waals surface area contributed by atoms with Gasteiger partial charge in [-0.25, -0.2) is 15.0 Å². The Kier molecular flexibility index (Phi) is 5.51. The van der Waals surface area contributed by atoms with Crippen LogP contribution in [0.5, 0.6) is 0 Å². The zero-order valence-electron chi connectivity index (χ0n) is 17.5. The van der Waals surface area contributed by atoms with Gasteiger partial charge in [0.25, 0.3) is 5.91 Å². The Labute approximate surface area is 180 Å². The molecular weight excluding hydrogens is 392 g/mol. The van der Waals surface area contributed by atoms with E-state index in [9.17, 15) is 4.79 Å². The largest absolute Gasteiger partial charge is 0.365 e. The summed E-state index contributed by atoms with van der Waals surface area (Å²) >= 11 is 0. The van der Waals surface area contributed by atoms with Gasteiger partial charge >= 0.3 is 0 Å². The van der Waals surface area contributed by atoms with Crippen LogP contribution in [0.3, 0.4) is 0 Å². The summed E-state index contributed by atoms with van der Waals surface area (Å²) in [5, 5.41) is 6.53. The molecule has 4 rings (SSSR count). The molecule has 1 amide bonds. The van der Waals surface area contributed by atoms with Crippen LogP contribution in [0.25, 0.3) is 11.4 Å². The van der Waals surface area contributed by atoms with E-state index in [-0.39, 0.29) is 17.1 Å². The van der Waals surface area contributed by atoms with Gasteiger partial charge in [-0.15, -0.1) is 0 Å². The molecule has 1 saturated carbocycles. The number of hydrogen-bond donors (Lipinski definition) is 4. The van der Waals surface area contributed by atoms with E-state index < -0.39 is 5.91 Å². The number of primary amides is 1. The van der Waals surface area contributed by atoms with Crippen LogP contribution in [0.15, 0.2) is 48.9 Å². The zero-order valence-corrected chi connectivity index (χ0v) is 17.5. The van der Waals surface area contributed by atoms with Crippen LogP contribution in [0.1, 0.15) is 37.0 Å². The summed E-state index contributed by atoms with van der Waals surface area (Å²) in [6.45, 7) is 4.22. The van der Waals surface area contributed by atoms with Crippen molar-refractivity contribution in [2.45, 2.75) is 38.3 Å². The molecule has 2 aromatic heterocycles.